The van der Waals surface area contributed by atoms with Gasteiger partial charge in [0.25, 0.3) is 0 Å². The normalized spacial score (nSPS) is 23.6. The molecule has 0 amide bonds. The van der Waals surface area contributed by atoms with E-state index in [0.717, 1.165) is 36.6 Å². The van der Waals surface area contributed by atoms with Crippen molar-refractivity contribution in [2.75, 3.05) is 94.7 Å². The first-order valence-corrected chi connectivity index (χ1v) is 28.0. The van der Waals surface area contributed by atoms with Crippen LogP contribution in [-0.4, -0.2) is 141 Å². The monoisotopic (exact) mass is 963 g/mol. The first kappa shape index (κ1) is 57.9. The maximum atomic E-state index is 4.41. The number of nitrogens with zero attached hydrogens (tertiary/aromatic N) is 9. The number of pyridine rings is 3. The molecule has 6 aliphatic heterocycles. The third-order valence-corrected chi connectivity index (χ3v) is 15.4. The zero-order valence-corrected chi connectivity index (χ0v) is 46.9. The highest BCUT2D eigenvalue weighted by atomic mass is 15.3. The Balaban J connectivity index is 0.000000206. The van der Waals surface area contributed by atoms with E-state index >= 15 is 0 Å². The smallest absolute Gasteiger partial charge is 0.139 e. The van der Waals surface area contributed by atoms with Crippen LogP contribution in [0, 0.1) is 0 Å². The van der Waals surface area contributed by atoms with Crippen LogP contribution >= 0.6 is 0 Å². The molecule has 3 unspecified atom stereocenters. The minimum absolute atomic E-state index is 0.407. The Morgan fingerprint density at radius 1 is 0.357 bits per heavy atom. The quantitative estimate of drug-likeness (QED) is 0.160. The Hall–Kier alpha value is -4.65. The molecule has 3 spiro atoms. The molecule has 6 aliphatic rings. The fraction of sp³-hybridized carbons (Fsp3) is 0.638. The van der Waals surface area contributed by atoms with Crippen molar-refractivity contribution in [1.82, 2.24) is 44.6 Å². The molecule has 3 atom stereocenters. The Labute approximate surface area is 425 Å². The average molecular weight is 964 g/mol. The molecular weight excluding hydrogens is 865 g/mol. The molecule has 0 aromatic carbocycles. The van der Waals surface area contributed by atoms with Gasteiger partial charge in [-0.1, -0.05) is 83.1 Å². The lowest BCUT2D eigenvalue weighted by atomic mass is 9.78. The summed E-state index contributed by atoms with van der Waals surface area (Å²) in [5, 5.41) is 3.76. The predicted molar refractivity (Wildman–Crippen MR) is 305 cm³/mol. The molecule has 3 N–H and O–H groups in total. The molecule has 0 bridgehead atoms. The van der Waals surface area contributed by atoms with Gasteiger partial charge in [-0.05, 0) is 128 Å². The summed E-state index contributed by atoms with van der Waals surface area (Å²) < 4.78 is 0. The lowest BCUT2D eigenvalue weighted by molar-refractivity contribution is -0.000442. The first-order chi connectivity index (χ1) is 34.4. The number of hydrogen-bond donors (Lipinski definition) is 3. The summed E-state index contributed by atoms with van der Waals surface area (Å²) >= 11 is 0. The number of piperidine rings is 3. The molecule has 70 heavy (non-hydrogen) atoms. The second-order valence-corrected chi connectivity index (χ2v) is 18.3. The van der Waals surface area contributed by atoms with E-state index in [1.807, 2.05) is 120 Å². The maximum Gasteiger partial charge on any atom is 0.139 e. The van der Waals surface area contributed by atoms with Gasteiger partial charge in [-0.3, -0.25) is 14.7 Å². The minimum atomic E-state index is 0.407. The van der Waals surface area contributed by atoms with E-state index in [9.17, 15) is 0 Å². The van der Waals surface area contributed by atoms with Crippen molar-refractivity contribution in [2.45, 2.75) is 164 Å². The third-order valence-electron chi connectivity index (χ3n) is 15.4. The van der Waals surface area contributed by atoms with Crippen molar-refractivity contribution in [3.05, 3.63) is 73.6 Å². The maximum absolute atomic E-state index is 4.41. The van der Waals surface area contributed by atoms with Crippen molar-refractivity contribution >= 4 is 50.2 Å². The van der Waals surface area contributed by atoms with E-state index in [4.69, 9.17) is 0 Å². The van der Waals surface area contributed by atoms with Gasteiger partial charge < -0.3 is 29.7 Å². The molecule has 0 radical (unpaired) electrons. The van der Waals surface area contributed by atoms with Gasteiger partial charge in [0, 0.05) is 139 Å². The van der Waals surface area contributed by atoms with Gasteiger partial charge in [0.15, 0.2) is 0 Å². The number of hydrogen-bond acceptors (Lipinski definition) is 9. The Morgan fingerprint density at radius 2 is 0.629 bits per heavy atom. The van der Waals surface area contributed by atoms with Crippen LogP contribution in [-0.2, 0) is 0 Å². The molecule has 0 aliphatic carbocycles. The van der Waals surface area contributed by atoms with Crippen molar-refractivity contribution < 1.29 is 0 Å². The van der Waals surface area contributed by atoms with Crippen LogP contribution in [0.3, 0.4) is 0 Å². The summed E-state index contributed by atoms with van der Waals surface area (Å²) in [6.45, 7) is 34.7. The highest BCUT2D eigenvalue weighted by molar-refractivity contribution is 5.91. The van der Waals surface area contributed by atoms with E-state index in [-0.39, 0.29) is 0 Å². The van der Waals surface area contributed by atoms with E-state index in [2.05, 4.69) is 117 Å². The molecule has 0 saturated carbocycles. The Morgan fingerprint density at radius 3 is 0.886 bits per heavy atom. The minimum Gasteiger partial charge on any atom is -0.369 e. The van der Waals surface area contributed by atoms with Gasteiger partial charge in [-0.25, -0.2) is 15.0 Å². The first-order valence-electron chi connectivity index (χ1n) is 28.0. The van der Waals surface area contributed by atoms with Crippen molar-refractivity contribution in [3.8, 4) is 0 Å². The van der Waals surface area contributed by atoms with Crippen LogP contribution in [0.5, 0.6) is 0 Å². The van der Waals surface area contributed by atoms with Crippen molar-refractivity contribution in [2.24, 2.45) is 0 Å². The molecule has 12 nitrogen and oxygen atoms in total. The number of likely N-dealkylation sites (N-methyl/N-ethyl adjacent to an activating group) is 3. The van der Waals surface area contributed by atoms with Crippen LogP contribution in [0.4, 0.5) is 17.1 Å². The molecule has 6 saturated heterocycles. The van der Waals surface area contributed by atoms with E-state index < -0.39 is 0 Å². The summed E-state index contributed by atoms with van der Waals surface area (Å²) in [5.41, 5.74) is 8.30. The fourth-order valence-corrected chi connectivity index (χ4v) is 11.5. The van der Waals surface area contributed by atoms with Crippen LogP contribution < -0.4 is 14.7 Å². The highest BCUT2D eigenvalue weighted by Crippen LogP contribution is 2.42. The summed E-state index contributed by atoms with van der Waals surface area (Å²) in [6.07, 6.45) is 25.0. The van der Waals surface area contributed by atoms with E-state index in [1.165, 1.54) is 137 Å². The van der Waals surface area contributed by atoms with Crippen molar-refractivity contribution in [3.63, 3.8) is 0 Å². The standard InChI is InChI=1S/C16H22N4.2C15H20N4.6C2H6/c1-19-10-2-6-16(19)7-3-11-20(12-16)14-5-9-18-15-13(14)4-8-17-15;2*1-18-10-6-15(18)5-2-9-19(11-15)13-4-8-17-14-12(13)3-7-16-14;6*1-2/h4-5,8-9H,2-3,6-7,10-12H2,1H3,(H,17,18);2*3-4,7-8H,2,5-6,9-11H2,1H3,(H,16,17);6*1-2H3. The lowest BCUT2D eigenvalue weighted by Gasteiger charge is -2.56. The number of H-pyrrole nitrogens is 3. The SMILES string of the molecule is CC.CC.CC.CC.CC.CC.CN1CCC12CCCN(c1ccnc3[nH]ccc13)C2.CN1CCC12CCCN(c1ccnc3[nH]ccc13)C2.CN1CCCC12CCCN(c1ccnc3[nH]ccc13)C2. The van der Waals surface area contributed by atoms with Crippen LogP contribution in [0.25, 0.3) is 33.1 Å². The van der Waals surface area contributed by atoms with Crippen LogP contribution in [0.1, 0.15) is 147 Å². The number of aromatic amines is 3. The summed E-state index contributed by atoms with van der Waals surface area (Å²) in [5.74, 6) is 0. The Bertz CT molecular complexity index is 2240. The van der Waals surface area contributed by atoms with Gasteiger partial charge in [0.1, 0.15) is 16.9 Å². The molecule has 6 aromatic rings. The number of anilines is 3. The number of fused-ring (bicyclic) bond motifs is 3. The van der Waals surface area contributed by atoms with Gasteiger partial charge >= 0.3 is 0 Å². The second-order valence-electron chi connectivity index (χ2n) is 18.3. The zero-order chi connectivity index (χ0) is 51.3. The highest BCUT2D eigenvalue weighted by Gasteiger charge is 2.46. The molecule has 6 fully saturated rings. The molecule has 390 valence electrons. The number of nitrogens with one attached hydrogen (secondary N) is 3. The van der Waals surface area contributed by atoms with Crippen molar-refractivity contribution in [1.29, 1.82) is 0 Å². The molecule has 12 heteroatoms. The van der Waals surface area contributed by atoms with Crippen LogP contribution in [0.2, 0.25) is 0 Å². The summed E-state index contributed by atoms with van der Waals surface area (Å²) in [7, 11) is 6.84. The van der Waals surface area contributed by atoms with E-state index in [0.29, 0.717) is 16.6 Å². The lowest BCUT2D eigenvalue weighted by Crippen LogP contribution is -2.65. The van der Waals surface area contributed by atoms with Gasteiger partial charge in [0.05, 0.1) is 0 Å². The largest absolute Gasteiger partial charge is 0.369 e. The summed E-state index contributed by atoms with van der Waals surface area (Å²) in [4.78, 5) is 38.2. The van der Waals surface area contributed by atoms with E-state index in [1.54, 1.807) is 0 Å². The summed E-state index contributed by atoms with van der Waals surface area (Å²) in [6, 6.07) is 12.9. The number of rotatable bonds is 3. The molecule has 6 aromatic heterocycles. The average Bonchev–Trinajstić information content (AvgIpc) is 4.30. The predicted octanol–water partition coefficient (Wildman–Crippen LogP) is 13.3. The third kappa shape index (κ3) is 12.5. The van der Waals surface area contributed by atoms with Gasteiger partial charge in [-0.15, -0.1) is 0 Å². The van der Waals surface area contributed by atoms with Gasteiger partial charge in [-0.2, -0.15) is 0 Å². The number of likely N-dealkylation sites (tertiary alicyclic amines) is 3. The fourth-order valence-electron chi connectivity index (χ4n) is 11.5. The topological polar surface area (TPSA) is 105 Å². The molecule has 12 heterocycles. The Kier molecular flexibility index (Phi) is 23.5. The van der Waals surface area contributed by atoms with Crippen LogP contribution in [0.15, 0.2) is 73.6 Å². The zero-order valence-electron chi connectivity index (χ0n) is 46.9. The van der Waals surface area contributed by atoms with Gasteiger partial charge in [0.2, 0.25) is 0 Å². The second kappa shape index (κ2) is 28.4. The molecular formula is C58H98N12. The molecule has 12 rings (SSSR count). The number of aromatic nitrogens is 6.